The number of rotatable bonds is 2. The minimum atomic E-state index is -0.675. The number of nitro groups is 2. The summed E-state index contributed by atoms with van der Waals surface area (Å²) in [7, 11) is 0. The molecule has 0 bridgehead atoms. The first-order chi connectivity index (χ1) is 6.43. The molecule has 0 spiro atoms. The summed E-state index contributed by atoms with van der Waals surface area (Å²) in [5, 5.41) is 20.8. The smallest absolute Gasteiger partial charge is 0.292 e. The number of nitrogens with two attached hydrogens (primary N) is 1. The van der Waals surface area contributed by atoms with Gasteiger partial charge < -0.3 is 5.73 Å². The first-order valence-electron chi connectivity index (χ1n) is 3.62. The molecule has 1 aromatic rings. The SMILES string of the molecule is Cc1cc([N+](=O)[O-])c(N)cc1[N+](=O)[O-]. The third-order valence-electron chi connectivity index (χ3n) is 1.74. The van der Waals surface area contributed by atoms with E-state index in [4.69, 9.17) is 5.73 Å². The molecular formula is C7H7N3O4. The van der Waals surface area contributed by atoms with E-state index in [0.717, 1.165) is 12.1 Å². The number of nitrogen functional groups attached to an aromatic ring is 1. The topological polar surface area (TPSA) is 112 Å². The van der Waals surface area contributed by atoms with E-state index in [0.29, 0.717) is 0 Å². The fraction of sp³-hybridized carbons (Fsp3) is 0.143. The molecule has 0 aliphatic heterocycles. The number of aryl methyl sites for hydroxylation is 1. The molecule has 7 nitrogen and oxygen atoms in total. The van der Waals surface area contributed by atoms with Gasteiger partial charge in [0.05, 0.1) is 9.85 Å². The zero-order valence-electron chi connectivity index (χ0n) is 7.26. The molecule has 0 atom stereocenters. The molecule has 0 aliphatic rings. The summed E-state index contributed by atoms with van der Waals surface area (Å²) in [5.41, 5.74) is 4.77. The van der Waals surface area contributed by atoms with Gasteiger partial charge in [0.1, 0.15) is 5.69 Å². The number of nitro benzene ring substituents is 2. The third-order valence-corrected chi connectivity index (χ3v) is 1.74. The average Bonchev–Trinajstić information content (AvgIpc) is 2.07. The van der Waals surface area contributed by atoms with Crippen LogP contribution in [0.25, 0.3) is 0 Å². The molecule has 2 N–H and O–H groups in total. The van der Waals surface area contributed by atoms with Crippen molar-refractivity contribution in [3.63, 3.8) is 0 Å². The normalized spacial score (nSPS) is 9.79. The van der Waals surface area contributed by atoms with Crippen molar-refractivity contribution in [3.05, 3.63) is 37.9 Å². The summed E-state index contributed by atoms with van der Waals surface area (Å²) in [6.45, 7) is 1.42. The van der Waals surface area contributed by atoms with Gasteiger partial charge in [-0.05, 0) is 6.92 Å². The van der Waals surface area contributed by atoms with Gasteiger partial charge in [0.15, 0.2) is 0 Å². The van der Waals surface area contributed by atoms with Crippen LogP contribution in [0.1, 0.15) is 5.56 Å². The second-order valence-corrected chi connectivity index (χ2v) is 2.71. The zero-order chi connectivity index (χ0) is 10.9. The van der Waals surface area contributed by atoms with Crippen molar-refractivity contribution < 1.29 is 9.85 Å². The van der Waals surface area contributed by atoms with E-state index in [1.54, 1.807) is 0 Å². The van der Waals surface area contributed by atoms with Crippen molar-refractivity contribution in [2.45, 2.75) is 6.92 Å². The first-order valence-corrected chi connectivity index (χ1v) is 3.62. The molecule has 0 saturated carbocycles. The molecule has 0 fully saturated rings. The van der Waals surface area contributed by atoms with Crippen LogP contribution in [0.15, 0.2) is 12.1 Å². The Labute approximate surface area is 78.4 Å². The fourth-order valence-electron chi connectivity index (χ4n) is 1.05. The van der Waals surface area contributed by atoms with Gasteiger partial charge in [0, 0.05) is 17.7 Å². The Bertz CT molecular complexity index is 376. The maximum Gasteiger partial charge on any atom is 0.292 e. The molecule has 7 heteroatoms. The van der Waals surface area contributed by atoms with Crippen LogP contribution in [0.4, 0.5) is 17.1 Å². The lowest BCUT2D eigenvalue weighted by molar-refractivity contribution is -0.388. The van der Waals surface area contributed by atoms with Crippen LogP contribution in [0.5, 0.6) is 0 Å². The highest BCUT2D eigenvalue weighted by Crippen LogP contribution is 2.29. The second-order valence-electron chi connectivity index (χ2n) is 2.71. The number of nitrogens with zero attached hydrogens (tertiary/aromatic N) is 2. The van der Waals surface area contributed by atoms with Crippen molar-refractivity contribution in [1.82, 2.24) is 0 Å². The predicted molar refractivity (Wildman–Crippen MR) is 48.9 cm³/mol. The first kappa shape index (κ1) is 9.90. The lowest BCUT2D eigenvalue weighted by Gasteiger charge is -1.99. The molecular weight excluding hydrogens is 190 g/mol. The molecule has 0 saturated heterocycles. The zero-order valence-corrected chi connectivity index (χ0v) is 7.26. The summed E-state index contributed by atoms with van der Waals surface area (Å²) in [6, 6.07) is 2.08. The number of hydrogen-bond acceptors (Lipinski definition) is 5. The van der Waals surface area contributed by atoms with Crippen molar-refractivity contribution in [3.8, 4) is 0 Å². The van der Waals surface area contributed by atoms with Crippen LogP contribution in [0.3, 0.4) is 0 Å². The molecule has 0 aromatic heterocycles. The summed E-state index contributed by atoms with van der Waals surface area (Å²) >= 11 is 0. The van der Waals surface area contributed by atoms with Crippen LogP contribution in [-0.2, 0) is 0 Å². The highest BCUT2D eigenvalue weighted by Gasteiger charge is 2.19. The van der Waals surface area contributed by atoms with E-state index in [1.165, 1.54) is 6.92 Å². The van der Waals surface area contributed by atoms with Crippen LogP contribution in [0.2, 0.25) is 0 Å². The van der Waals surface area contributed by atoms with Gasteiger partial charge in [-0.25, -0.2) is 0 Å². The average molecular weight is 197 g/mol. The monoisotopic (exact) mass is 197 g/mol. The van der Waals surface area contributed by atoms with E-state index >= 15 is 0 Å². The lowest BCUT2D eigenvalue weighted by Crippen LogP contribution is -1.99. The Morgan fingerprint density at radius 1 is 1.14 bits per heavy atom. The van der Waals surface area contributed by atoms with Gasteiger partial charge in [0.2, 0.25) is 0 Å². The van der Waals surface area contributed by atoms with Gasteiger partial charge >= 0.3 is 0 Å². The standard InChI is InChI=1S/C7H7N3O4/c1-4-2-7(10(13)14)5(8)3-6(4)9(11)12/h2-3H,8H2,1H3. The summed E-state index contributed by atoms with van der Waals surface area (Å²) in [6.07, 6.45) is 0. The minimum Gasteiger partial charge on any atom is -0.393 e. The predicted octanol–water partition coefficient (Wildman–Crippen LogP) is 1.39. The number of hydrogen-bond donors (Lipinski definition) is 1. The van der Waals surface area contributed by atoms with Crippen molar-refractivity contribution in [1.29, 1.82) is 0 Å². The highest BCUT2D eigenvalue weighted by atomic mass is 16.6. The molecule has 0 radical (unpaired) electrons. The van der Waals surface area contributed by atoms with Crippen LogP contribution >= 0.6 is 0 Å². The Hall–Kier alpha value is -2.18. The molecule has 74 valence electrons. The minimum absolute atomic E-state index is 0.202. The molecule has 0 unspecified atom stereocenters. The van der Waals surface area contributed by atoms with Crippen molar-refractivity contribution >= 4 is 17.1 Å². The molecule has 14 heavy (non-hydrogen) atoms. The van der Waals surface area contributed by atoms with E-state index < -0.39 is 9.85 Å². The quantitative estimate of drug-likeness (QED) is 0.437. The largest absolute Gasteiger partial charge is 0.393 e. The fourth-order valence-corrected chi connectivity index (χ4v) is 1.05. The molecule has 0 amide bonds. The Kier molecular flexibility index (Phi) is 2.32. The van der Waals surface area contributed by atoms with E-state index in [9.17, 15) is 20.2 Å². The molecule has 1 aromatic carbocycles. The van der Waals surface area contributed by atoms with Crippen molar-refractivity contribution in [2.24, 2.45) is 0 Å². The Morgan fingerprint density at radius 2 is 1.64 bits per heavy atom. The van der Waals surface area contributed by atoms with Crippen LogP contribution in [0, 0.1) is 27.2 Å². The summed E-state index contributed by atoms with van der Waals surface area (Å²) in [5.74, 6) is 0. The maximum atomic E-state index is 10.4. The second kappa shape index (κ2) is 3.29. The lowest BCUT2D eigenvalue weighted by atomic mass is 10.1. The Balaban J connectivity index is 3.38. The van der Waals surface area contributed by atoms with Gasteiger partial charge in [-0.3, -0.25) is 20.2 Å². The van der Waals surface area contributed by atoms with E-state index in [1.807, 2.05) is 0 Å². The van der Waals surface area contributed by atoms with Gasteiger partial charge in [0.25, 0.3) is 11.4 Å². The van der Waals surface area contributed by atoms with Gasteiger partial charge in [-0.15, -0.1) is 0 Å². The van der Waals surface area contributed by atoms with E-state index in [2.05, 4.69) is 0 Å². The van der Waals surface area contributed by atoms with Crippen LogP contribution < -0.4 is 5.73 Å². The van der Waals surface area contributed by atoms with Crippen molar-refractivity contribution in [2.75, 3.05) is 5.73 Å². The number of benzene rings is 1. The van der Waals surface area contributed by atoms with Gasteiger partial charge in [-0.2, -0.15) is 0 Å². The van der Waals surface area contributed by atoms with Gasteiger partial charge in [-0.1, -0.05) is 0 Å². The third kappa shape index (κ3) is 1.60. The highest BCUT2D eigenvalue weighted by molar-refractivity contribution is 5.65. The molecule has 0 heterocycles. The summed E-state index contributed by atoms with van der Waals surface area (Å²) < 4.78 is 0. The van der Waals surface area contributed by atoms with E-state index in [-0.39, 0.29) is 22.6 Å². The molecule has 0 aliphatic carbocycles. The Morgan fingerprint density at radius 3 is 2.07 bits per heavy atom. The number of anilines is 1. The molecule has 1 rings (SSSR count). The van der Waals surface area contributed by atoms with Crippen LogP contribution in [-0.4, -0.2) is 9.85 Å². The maximum absolute atomic E-state index is 10.4. The summed E-state index contributed by atoms with van der Waals surface area (Å²) in [4.78, 5) is 19.5.